The van der Waals surface area contributed by atoms with E-state index in [4.69, 9.17) is 0 Å². The molecule has 0 unspecified atom stereocenters. The molecular formula is C27H44O3. The standard InChI is InChI=1S/C27H44O3/c1-18(8-6-14-26(3,4)30)22-12-13-23-21(9-7-15-27(22,23)5)11-10-20-16-24(28)19(2)25(29)17-20/h11,16,18,22-25,28-30H,2,6-10,12-15,17H2,1,3-5H3/b21-11+/t18-,22+,23-,24+,25+,27+/m0/s1. The topological polar surface area (TPSA) is 60.7 Å². The number of aliphatic hydroxyl groups is 3. The minimum Gasteiger partial charge on any atom is -0.390 e. The summed E-state index contributed by atoms with van der Waals surface area (Å²) in [6.07, 6.45) is 14.0. The van der Waals surface area contributed by atoms with Gasteiger partial charge >= 0.3 is 0 Å². The van der Waals surface area contributed by atoms with Crippen molar-refractivity contribution in [1.29, 1.82) is 0 Å². The van der Waals surface area contributed by atoms with Crippen LogP contribution in [0.1, 0.15) is 91.9 Å². The highest BCUT2D eigenvalue weighted by atomic mass is 16.3. The first kappa shape index (κ1) is 23.8. The van der Waals surface area contributed by atoms with Crippen LogP contribution in [0.5, 0.6) is 0 Å². The fraction of sp³-hybridized carbons (Fsp3) is 0.778. The minimum atomic E-state index is -0.709. The van der Waals surface area contributed by atoms with Crippen LogP contribution in [0.2, 0.25) is 0 Å². The highest BCUT2D eigenvalue weighted by Gasteiger charge is 2.50. The van der Waals surface area contributed by atoms with E-state index in [0.717, 1.165) is 30.8 Å². The number of allylic oxidation sites excluding steroid dienone is 2. The van der Waals surface area contributed by atoms with Crippen molar-refractivity contribution in [3.8, 4) is 0 Å². The van der Waals surface area contributed by atoms with Gasteiger partial charge in [0, 0.05) is 0 Å². The molecule has 0 aliphatic heterocycles. The number of rotatable bonds is 7. The summed E-state index contributed by atoms with van der Waals surface area (Å²) in [5.74, 6) is 2.16. The minimum absolute atomic E-state index is 0.395. The van der Waals surface area contributed by atoms with Gasteiger partial charge in [-0.15, -0.1) is 0 Å². The van der Waals surface area contributed by atoms with Crippen molar-refractivity contribution < 1.29 is 15.3 Å². The van der Waals surface area contributed by atoms with Gasteiger partial charge in [-0.2, -0.15) is 0 Å². The van der Waals surface area contributed by atoms with Crippen LogP contribution in [0, 0.1) is 23.2 Å². The molecule has 0 aromatic carbocycles. The average Bonchev–Trinajstić information content (AvgIpc) is 3.00. The van der Waals surface area contributed by atoms with Crippen molar-refractivity contribution in [2.45, 2.75) is 110 Å². The molecule has 0 radical (unpaired) electrons. The summed E-state index contributed by atoms with van der Waals surface area (Å²) in [5, 5.41) is 30.3. The average molecular weight is 417 g/mol. The van der Waals surface area contributed by atoms with Gasteiger partial charge < -0.3 is 15.3 Å². The fourth-order valence-corrected chi connectivity index (χ4v) is 6.71. The van der Waals surface area contributed by atoms with Crippen LogP contribution in [0.15, 0.2) is 35.5 Å². The summed E-state index contributed by atoms with van der Waals surface area (Å²) < 4.78 is 0. The highest BCUT2D eigenvalue weighted by molar-refractivity contribution is 5.29. The maximum Gasteiger partial charge on any atom is 0.0956 e. The van der Waals surface area contributed by atoms with Gasteiger partial charge in [0.2, 0.25) is 0 Å². The van der Waals surface area contributed by atoms with Crippen molar-refractivity contribution in [2.75, 3.05) is 0 Å². The van der Waals surface area contributed by atoms with Crippen molar-refractivity contribution in [3.63, 3.8) is 0 Å². The van der Waals surface area contributed by atoms with Gasteiger partial charge in [-0.1, -0.05) is 56.6 Å². The van der Waals surface area contributed by atoms with E-state index in [-0.39, 0.29) is 0 Å². The van der Waals surface area contributed by atoms with Gasteiger partial charge in [0.25, 0.3) is 0 Å². The van der Waals surface area contributed by atoms with E-state index in [9.17, 15) is 15.3 Å². The van der Waals surface area contributed by atoms with E-state index in [0.29, 0.717) is 29.2 Å². The Bertz CT molecular complexity index is 683. The first-order valence-electron chi connectivity index (χ1n) is 12.2. The molecule has 2 fully saturated rings. The molecule has 3 aliphatic carbocycles. The second-order valence-corrected chi connectivity index (χ2v) is 11.3. The molecule has 3 nitrogen and oxygen atoms in total. The van der Waals surface area contributed by atoms with E-state index in [1.165, 1.54) is 38.5 Å². The maximum absolute atomic E-state index is 10.1. The molecule has 0 bridgehead atoms. The Morgan fingerprint density at radius 3 is 2.70 bits per heavy atom. The Kier molecular flexibility index (Phi) is 7.37. The summed E-state index contributed by atoms with van der Waals surface area (Å²) in [7, 11) is 0. The zero-order valence-corrected chi connectivity index (χ0v) is 19.7. The molecule has 3 rings (SSSR count). The van der Waals surface area contributed by atoms with E-state index in [1.807, 2.05) is 19.9 Å². The van der Waals surface area contributed by atoms with Crippen LogP contribution in [0.3, 0.4) is 0 Å². The third-order valence-corrected chi connectivity index (χ3v) is 8.46. The first-order valence-corrected chi connectivity index (χ1v) is 12.2. The molecular weight excluding hydrogens is 372 g/mol. The molecule has 3 N–H and O–H groups in total. The van der Waals surface area contributed by atoms with Gasteiger partial charge in [-0.3, -0.25) is 0 Å². The van der Waals surface area contributed by atoms with Gasteiger partial charge in [0.15, 0.2) is 0 Å². The summed E-state index contributed by atoms with van der Waals surface area (Å²) >= 11 is 0. The van der Waals surface area contributed by atoms with Crippen molar-refractivity contribution in [2.24, 2.45) is 23.2 Å². The molecule has 2 saturated carbocycles. The molecule has 170 valence electrons. The maximum atomic E-state index is 10.1. The number of fused-ring (bicyclic) bond motifs is 1. The van der Waals surface area contributed by atoms with Gasteiger partial charge in [0.05, 0.1) is 17.8 Å². The lowest BCUT2D eigenvalue weighted by Crippen LogP contribution is -2.36. The predicted octanol–water partition coefficient (Wildman–Crippen LogP) is 5.70. The number of aliphatic hydroxyl groups excluding tert-OH is 2. The zero-order valence-electron chi connectivity index (χ0n) is 19.7. The summed E-state index contributed by atoms with van der Waals surface area (Å²) in [6.45, 7) is 12.6. The molecule has 0 amide bonds. The Labute approximate surface area is 184 Å². The molecule has 0 spiro atoms. The highest BCUT2D eigenvalue weighted by Crippen LogP contribution is 2.60. The van der Waals surface area contributed by atoms with E-state index >= 15 is 0 Å². The zero-order chi connectivity index (χ0) is 22.1. The lowest BCUT2D eigenvalue weighted by atomic mass is 9.60. The number of hydrogen-bond donors (Lipinski definition) is 3. The Morgan fingerprint density at radius 2 is 2.03 bits per heavy atom. The van der Waals surface area contributed by atoms with Crippen LogP contribution in [0.25, 0.3) is 0 Å². The largest absolute Gasteiger partial charge is 0.390 e. The summed E-state index contributed by atoms with van der Waals surface area (Å²) in [5.41, 5.74) is 3.12. The van der Waals surface area contributed by atoms with Crippen LogP contribution in [0.4, 0.5) is 0 Å². The van der Waals surface area contributed by atoms with Crippen molar-refractivity contribution >= 4 is 0 Å². The van der Waals surface area contributed by atoms with Crippen molar-refractivity contribution in [1.82, 2.24) is 0 Å². The molecule has 0 aromatic heterocycles. The van der Waals surface area contributed by atoms with Gasteiger partial charge in [0.1, 0.15) is 0 Å². The van der Waals surface area contributed by atoms with E-state index < -0.39 is 17.8 Å². The molecule has 0 aromatic rings. The fourth-order valence-electron chi connectivity index (χ4n) is 6.71. The lowest BCUT2D eigenvalue weighted by Gasteiger charge is -2.44. The van der Waals surface area contributed by atoms with Gasteiger partial charge in [-0.25, -0.2) is 0 Å². The normalized spacial score (nSPS) is 37.2. The molecule has 3 heteroatoms. The molecule has 6 atom stereocenters. The number of hydrogen-bond acceptors (Lipinski definition) is 3. The second-order valence-electron chi connectivity index (χ2n) is 11.3. The van der Waals surface area contributed by atoms with E-state index in [1.54, 1.807) is 5.57 Å². The molecule has 3 aliphatic rings. The van der Waals surface area contributed by atoms with E-state index in [2.05, 4.69) is 26.5 Å². The SMILES string of the molecule is C=C1[C@H](O)C=C(C/C=C2\CCC[C@]3(C)[C@@H]([C@@H](C)CCCC(C)(C)O)CC[C@@H]23)C[C@H]1O. The van der Waals surface area contributed by atoms with Gasteiger partial charge in [-0.05, 0) is 94.0 Å². The Balaban J connectivity index is 1.65. The predicted molar refractivity (Wildman–Crippen MR) is 124 cm³/mol. The Hall–Kier alpha value is -0.900. The van der Waals surface area contributed by atoms with Crippen molar-refractivity contribution in [3.05, 3.63) is 35.5 Å². The second kappa shape index (κ2) is 9.30. The quantitative estimate of drug-likeness (QED) is 0.466. The molecule has 0 heterocycles. The van der Waals surface area contributed by atoms with Crippen LogP contribution < -0.4 is 0 Å². The monoisotopic (exact) mass is 416 g/mol. The Morgan fingerprint density at radius 1 is 1.30 bits per heavy atom. The summed E-state index contributed by atoms with van der Waals surface area (Å²) in [4.78, 5) is 0. The third-order valence-electron chi connectivity index (χ3n) is 8.46. The van der Waals surface area contributed by atoms with Crippen LogP contribution >= 0.6 is 0 Å². The summed E-state index contributed by atoms with van der Waals surface area (Å²) in [6, 6.07) is 0. The molecule has 30 heavy (non-hydrogen) atoms. The van der Waals surface area contributed by atoms with Crippen LogP contribution in [-0.4, -0.2) is 33.1 Å². The van der Waals surface area contributed by atoms with Crippen LogP contribution in [-0.2, 0) is 0 Å². The lowest BCUT2D eigenvalue weighted by molar-refractivity contribution is 0.0596. The smallest absolute Gasteiger partial charge is 0.0956 e. The molecule has 0 saturated heterocycles. The third kappa shape index (κ3) is 5.29. The first-order chi connectivity index (χ1) is 14.0.